The van der Waals surface area contributed by atoms with Gasteiger partial charge in [-0.25, -0.2) is 0 Å². The van der Waals surface area contributed by atoms with Gasteiger partial charge in [0.05, 0.1) is 5.54 Å². The molecule has 0 radical (unpaired) electrons. The van der Waals surface area contributed by atoms with Gasteiger partial charge in [0.1, 0.15) is 0 Å². The van der Waals surface area contributed by atoms with Crippen LogP contribution in [0.2, 0.25) is 0 Å². The zero-order chi connectivity index (χ0) is 14.8. The van der Waals surface area contributed by atoms with E-state index in [1.807, 2.05) is 0 Å². The number of hydrogen-bond acceptors (Lipinski definition) is 2. The molecule has 1 unspecified atom stereocenters. The van der Waals surface area contributed by atoms with E-state index in [2.05, 4.69) is 56.0 Å². The molecule has 114 valence electrons. The Kier molecular flexibility index (Phi) is 7.68. The van der Waals surface area contributed by atoms with Crippen LogP contribution in [0, 0.1) is 0 Å². The van der Waals surface area contributed by atoms with Crippen LogP contribution in [0.5, 0.6) is 0 Å². The van der Waals surface area contributed by atoms with Crippen molar-refractivity contribution in [3.63, 3.8) is 0 Å². The highest BCUT2D eigenvalue weighted by Crippen LogP contribution is 2.31. The van der Waals surface area contributed by atoms with Crippen molar-refractivity contribution in [2.45, 2.75) is 64.8 Å². The lowest BCUT2D eigenvalue weighted by Gasteiger charge is -2.45. The first-order valence-electron chi connectivity index (χ1n) is 8.26. The second-order valence-corrected chi connectivity index (χ2v) is 5.73. The van der Waals surface area contributed by atoms with Gasteiger partial charge < -0.3 is 10.6 Å². The second kappa shape index (κ2) is 9.02. The van der Waals surface area contributed by atoms with Crippen molar-refractivity contribution < 1.29 is 0 Å². The Balaban J connectivity index is 3.04. The molecule has 0 bridgehead atoms. The maximum Gasteiger partial charge on any atom is 0.0521 e. The third kappa shape index (κ3) is 4.24. The van der Waals surface area contributed by atoms with Crippen LogP contribution in [0.25, 0.3) is 0 Å². The van der Waals surface area contributed by atoms with Crippen molar-refractivity contribution in [1.29, 1.82) is 0 Å². The van der Waals surface area contributed by atoms with Crippen LogP contribution in [0.15, 0.2) is 30.3 Å². The number of unbranched alkanes of at least 4 members (excludes halogenated alkanes) is 2. The Hall–Kier alpha value is -1.02. The molecule has 0 amide bonds. The first-order chi connectivity index (χ1) is 9.74. The number of hydrogen-bond donors (Lipinski definition) is 1. The van der Waals surface area contributed by atoms with Crippen molar-refractivity contribution in [1.82, 2.24) is 0 Å². The highest BCUT2D eigenvalue weighted by atomic mass is 15.2. The van der Waals surface area contributed by atoms with Crippen LogP contribution in [0.3, 0.4) is 0 Å². The summed E-state index contributed by atoms with van der Waals surface area (Å²) in [7, 11) is 0. The lowest BCUT2D eigenvalue weighted by atomic mass is 9.86. The molecule has 0 saturated carbocycles. The van der Waals surface area contributed by atoms with E-state index in [1.54, 1.807) is 0 Å². The molecule has 0 saturated heterocycles. The lowest BCUT2D eigenvalue weighted by molar-refractivity contribution is 0.341. The Morgan fingerprint density at radius 3 is 2.15 bits per heavy atom. The molecule has 0 aliphatic carbocycles. The molecule has 1 atom stereocenters. The Labute approximate surface area is 125 Å². The second-order valence-electron chi connectivity index (χ2n) is 5.73. The van der Waals surface area contributed by atoms with Crippen LogP contribution >= 0.6 is 0 Å². The van der Waals surface area contributed by atoms with E-state index < -0.39 is 0 Å². The van der Waals surface area contributed by atoms with Gasteiger partial charge in [0.2, 0.25) is 0 Å². The fourth-order valence-electron chi connectivity index (χ4n) is 2.93. The predicted molar refractivity (Wildman–Crippen MR) is 90.3 cm³/mol. The quantitative estimate of drug-likeness (QED) is 0.677. The zero-order valence-corrected chi connectivity index (χ0v) is 13.6. The lowest BCUT2D eigenvalue weighted by Crippen LogP contribution is -2.54. The summed E-state index contributed by atoms with van der Waals surface area (Å²) >= 11 is 0. The van der Waals surface area contributed by atoms with Crippen LogP contribution in [-0.4, -0.2) is 18.6 Å². The topological polar surface area (TPSA) is 29.3 Å². The molecule has 0 aromatic heterocycles. The minimum absolute atomic E-state index is 0.118. The van der Waals surface area contributed by atoms with Gasteiger partial charge in [0, 0.05) is 18.8 Å². The summed E-state index contributed by atoms with van der Waals surface area (Å²) in [5.74, 6) is 0. The number of rotatable bonds is 10. The zero-order valence-electron chi connectivity index (χ0n) is 13.6. The van der Waals surface area contributed by atoms with Crippen LogP contribution < -0.4 is 10.6 Å². The SMILES string of the molecule is CCCCN(c1ccccc1)C(CC)(CN)CCCC. The summed E-state index contributed by atoms with van der Waals surface area (Å²) in [5, 5.41) is 0. The molecule has 2 nitrogen and oxygen atoms in total. The van der Waals surface area contributed by atoms with E-state index in [0.29, 0.717) is 0 Å². The van der Waals surface area contributed by atoms with Crippen molar-refractivity contribution in [3.8, 4) is 0 Å². The average molecular weight is 276 g/mol. The van der Waals surface area contributed by atoms with Gasteiger partial charge >= 0.3 is 0 Å². The standard InChI is InChI=1S/C18H32N2/c1-4-7-14-18(6-3,16-19)20(15-8-5-2)17-12-10-9-11-13-17/h9-13H,4-8,14-16,19H2,1-3H3. The van der Waals surface area contributed by atoms with Crippen molar-refractivity contribution in [2.24, 2.45) is 5.73 Å². The number of nitrogens with zero attached hydrogens (tertiary/aromatic N) is 1. The smallest absolute Gasteiger partial charge is 0.0521 e. The molecule has 2 heteroatoms. The molecule has 1 aromatic carbocycles. The molecule has 1 aromatic rings. The molecular weight excluding hydrogens is 244 g/mol. The number of anilines is 1. The third-order valence-corrected chi connectivity index (χ3v) is 4.41. The third-order valence-electron chi connectivity index (χ3n) is 4.41. The van der Waals surface area contributed by atoms with Crippen molar-refractivity contribution >= 4 is 5.69 Å². The van der Waals surface area contributed by atoms with Crippen LogP contribution in [0.4, 0.5) is 5.69 Å². The number of para-hydroxylation sites is 1. The van der Waals surface area contributed by atoms with Gasteiger partial charge in [0.25, 0.3) is 0 Å². The van der Waals surface area contributed by atoms with Crippen LogP contribution in [0.1, 0.15) is 59.3 Å². The van der Waals surface area contributed by atoms with Gasteiger partial charge in [-0.2, -0.15) is 0 Å². The minimum Gasteiger partial charge on any atom is -0.365 e. The summed E-state index contributed by atoms with van der Waals surface area (Å²) in [5.41, 5.74) is 7.67. The average Bonchev–Trinajstić information content (AvgIpc) is 2.52. The van der Waals surface area contributed by atoms with Crippen molar-refractivity contribution in [2.75, 3.05) is 18.0 Å². The number of nitrogens with two attached hydrogens (primary N) is 1. The fourth-order valence-corrected chi connectivity index (χ4v) is 2.93. The van der Waals surface area contributed by atoms with E-state index >= 15 is 0 Å². The highest BCUT2D eigenvalue weighted by molar-refractivity contribution is 5.49. The first-order valence-corrected chi connectivity index (χ1v) is 8.26. The summed E-state index contributed by atoms with van der Waals surface area (Å²) in [6, 6.07) is 10.8. The maximum atomic E-state index is 6.23. The van der Waals surface area contributed by atoms with Gasteiger partial charge in [-0.05, 0) is 31.4 Å². The minimum atomic E-state index is 0.118. The molecule has 0 heterocycles. The summed E-state index contributed by atoms with van der Waals surface area (Å²) in [6.45, 7) is 8.64. The highest BCUT2D eigenvalue weighted by Gasteiger charge is 2.32. The molecular formula is C18H32N2. The van der Waals surface area contributed by atoms with Gasteiger partial charge in [-0.15, -0.1) is 0 Å². The Bertz CT molecular complexity index is 344. The van der Waals surface area contributed by atoms with Gasteiger partial charge in [-0.3, -0.25) is 0 Å². The molecule has 0 fully saturated rings. The molecule has 0 spiro atoms. The van der Waals surface area contributed by atoms with Gasteiger partial charge in [-0.1, -0.05) is 58.2 Å². The largest absolute Gasteiger partial charge is 0.365 e. The maximum absolute atomic E-state index is 6.23. The van der Waals surface area contributed by atoms with Crippen molar-refractivity contribution in [3.05, 3.63) is 30.3 Å². The molecule has 1 rings (SSSR count). The van der Waals surface area contributed by atoms with E-state index in [1.165, 1.54) is 37.8 Å². The normalized spacial score (nSPS) is 14.0. The molecule has 0 aliphatic heterocycles. The van der Waals surface area contributed by atoms with Gasteiger partial charge in [0.15, 0.2) is 0 Å². The monoisotopic (exact) mass is 276 g/mol. The number of benzene rings is 1. The summed E-state index contributed by atoms with van der Waals surface area (Å²) in [4.78, 5) is 2.58. The van der Waals surface area contributed by atoms with Crippen LogP contribution in [-0.2, 0) is 0 Å². The van der Waals surface area contributed by atoms with E-state index in [0.717, 1.165) is 19.5 Å². The van der Waals surface area contributed by atoms with E-state index in [4.69, 9.17) is 5.73 Å². The summed E-state index contributed by atoms with van der Waals surface area (Å²) in [6.07, 6.45) is 7.24. The first kappa shape index (κ1) is 17.0. The van der Waals surface area contributed by atoms with E-state index in [9.17, 15) is 0 Å². The Morgan fingerprint density at radius 2 is 1.65 bits per heavy atom. The molecule has 0 aliphatic rings. The molecule has 2 N–H and O–H groups in total. The Morgan fingerprint density at radius 1 is 1.00 bits per heavy atom. The van der Waals surface area contributed by atoms with E-state index in [-0.39, 0.29) is 5.54 Å². The summed E-state index contributed by atoms with van der Waals surface area (Å²) < 4.78 is 0. The fraction of sp³-hybridized carbons (Fsp3) is 0.667. The molecule has 20 heavy (non-hydrogen) atoms. The predicted octanol–water partition coefficient (Wildman–Crippen LogP) is 4.59.